The van der Waals surface area contributed by atoms with Crippen molar-refractivity contribution in [2.75, 3.05) is 11.9 Å². The highest BCUT2D eigenvalue weighted by molar-refractivity contribution is 6.30. The molecule has 0 atom stereocenters. The lowest BCUT2D eigenvalue weighted by Gasteiger charge is -2.21. The van der Waals surface area contributed by atoms with Gasteiger partial charge in [-0.1, -0.05) is 23.7 Å². The fourth-order valence-electron chi connectivity index (χ4n) is 4.26. The molecule has 0 radical (unpaired) electrons. The van der Waals surface area contributed by atoms with Gasteiger partial charge in [-0.2, -0.15) is 0 Å². The second kappa shape index (κ2) is 7.20. The molecule has 0 unspecified atom stereocenters. The van der Waals surface area contributed by atoms with E-state index in [0.717, 1.165) is 31.2 Å². The molecule has 2 aliphatic carbocycles. The minimum atomic E-state index is -0.654. The largest absolute Gasteiger partial charge is 0.455 e. The third-order valence-electron chi connectivity index (χ3n) is 6.06. The Morgan fingerprint density at radius 2 is 1.67 bits per heavy atom. The minimum absolute atomic E-state index is 0.341. The maximum atomic E-state index is 12.6. The molecule has 0 aromatic heterocycles. The van der Waals surface area contributed by atoms with Crippen LogP contribution in [0.1, 0.15) is 44.1 Å². The zero-order valence-corrected chi connectivity index (χ0v) is 17.2. The van der Waals surface area contributed by atoms with Gasteiger partial charge >= 0.3 is 5.97 Å². The maximum absolute atomic E-state index is 12.6. The highest BCUT2D eigenvalue weighted by atomic mass is 35.5. The van der Waals surface area contributed by atoms with Crippen LogP contribution in [0.3, 0.4) is 0 Å². The number of esters is 1. The zero-order valence-electron chi connectivity index (χ0n) is 16.4. The molecule has 2 aromatic carbocycles. The van der Waals surface area contributed by atoms with E-state index in [9.17, 15) is 9.59 Å². The van der Waals surface area contributed by atoms with Gasteiger partial charge < -0.3 is 19.5 Å². The van der Waals surface area contributed by atoms with Gasteiger partial charge in [0.25, 0.3) is 11.7 Å². The molecule has 30 heavy (non-hydrogen) atoms. The monoisotopic (exact) mass is 427 g/mol. The van der Waals surface area contributed by atoms with Crippen molar-refractivity contribution in [3.63, 3.8) is 0 Å². The molecule has 1 aliphatic heterocycles. The average molecular weight is 428 g/mol. The molecule has 2 saturated carbocycles. The standard InChI is InChI=1S/C23H22ClNO5/c24-16-5-3-15(4-6-16)22(11-12-22)21(27)28-14-20(26)25-17-7-8-18-19(13-17)30-23(29-18)9-1-2-10-23/h3-8,13H,1-2,9-12,14H2,(H,25,26). The number of benzene rings is 2. The molecule has 7 heteroatoms. The van der Waals surface area contributed by atoms with Crippen molar-refractivity contribution in [1.82, 2.24) is 0 Å². The van der Waals surface area contributed by atoms with Crippen LogP contribution in [0.15, 0.2) is 42.5 Å². The van der Waals surface area contributed by atoms with Gasteiger partial charge in [-0.15, -0.1) is 0 Å². The number of nitrogens with one attached hydrogen (secondary N) is 1. The van der Waals surface area contributed by atoms with Crippen LogP contribution in [0.2, 0.25) is 5.02 Å². The summed E-state index contributed by atoms with van der Waals surface area (Å²) in [6.07, 6.45) is 5.32. The number of carbonyl (C=O) groups excluding carboxylic acids is 2. The predicted molar refractivity (Wildman–Crippen MR) is 111 cm³/mol. The third kappa shape index (κ3) is 3.49. The summed E-state index contributed by atoms with van der Waals surface area (Å²) in [7, 11) is 0. The van der Waals surface area contributed by atoms with Gasteiger partial charge in [0.2, 0.25) is 0 Å². The van der Waals surface area contributed by atoms with Crippen molar-refractivity contribution in [1.29, 1.82) is 0 Å². The Kier molecular flexibility index (Phi) is 4.62. The molecule has 3 aliphatic rings. The van der Waals surface area contributed by atoms with Gasteiger partial charge in [-0.05, 0) is 55.5 Å². The maximum Gasteiger partial charge on any atom is 0.317 e. The van der Waals surface area contributed by atoms with E-state index in [1.807, 2.05) is 12.1 Å². The Bertz CT molecular complexity index is 993. The molecular formula is C23H22ClNO5. The van der Waals surface area contributed by atoms with Gasteiger partial charge in [-0.25, -0.2) is 0 Å². The van der Waals surface area contributed by atoms with E-state index in [4.69, 9.17) is 25.8 Å². The highest BCUT2D eigenvalue weighted by Gasteiger charge is 2.53. The topological polar surface area (TPSA) is 73.9 Å². The Morgan fingerprint density at radius 1 is 0.967 bits per heavy atom. The number of fused-ring (bicyclic) bond motifs is 1. The molecule has 1 heterocycles. The first-order valence-electron chi connectivity index (χ1n) is 10.2. The second-order valence-corrected chi connectivity index (χ2v) is 8.63. The Hall–Kier alpha value is -2.73. The number of anilines is 1. The van der Waals surface area contributed by atoms with Crippen LogP contribution >= 0.6 is 11.6 Å². The van der Waals surface area contributed by atoms with Gasteiger partial charge in [0, 0.05) is 29.6 Å². The predicted octanol–water partition coefficient (Wildman–Crippen LogP) is 4.60. The number of ether oxygens (including phenoxy) is 3. The molecular weight excluding hydrogens is 406 g/mol. The fraction of sp³-hybridized carbons (Fsp3) is 0.391. The Labute approximate surface area is 179 Å². The van der Waals surface area contributed by atoms with Crippen LogP contribution in [-0.2, 0) is 19.7 Å². The Balaban J connectivity index is 1.18. The lowest BCUT2D eigenvalue weighted by Crippen LogP contribution is -2.34. The number of carbonyl (C=O) groups is 2. The lowest BCUT2D eigenvalue weighted by molar-refractivity contribution is -0.150. The van der Waals surface area contributed by atoms with Crippen molar-refractivity contribution >= 4 is 29.2 Å². The highest BCUT2D eigenvalue weighted by Crippen LogP contribution is 2.49. The summed E-state index contributed by atoms with van der Waals surface area (Å²) in [5.41, 5.74) is 0.792. The van der Waals surface area contributed by atoms with Crippen molar-refractivity contribution in [2.24, 2.45) is 0 Å². The van der Waals surface area contributed by atoms with Crippen molar-refractivity contribution < 1.29 is 23.8 Å². The van der Waals surface area contributed by atoms with Crippen LogP contribution in [0.5, 0.6) is 11.5 Å². The molecule has 2 aromatic rings. The smallest absolute Gasteiger partial charge is 0.317 e. The van der Waals surface area contributed by atoms with E-state index in [0.29, 0.717) is 35.1 Å². The first-order chi connectivity index (χ1) is 14.5. The number of amides is 1. The van der Waals surface area contributed by atoms with Gasteiger partial charge in [0.1, 0.15) is 0 Å². The van der Waals surface area contributed by atoms with Crippen LogP contribution in [0.4, 0.5) is 5.69 Å². The minimum Gasteiger partial charge on any atom is -0.455 e. The number of rotatable bonds is 5. The summed E-state index contributed by atoms with van der Waals surface area (Å²) in [5, 5.41) is 3.37. The SMILES string of the molecule is O=C(COC(=O)C1(c2ccc(Cl)cc2)CC1)Nc1ccc2c(c1)OC1(CCCC1)O2. The van der Waals surface area contributed by atoms with Gasteiger partial charge in [0.05, 0.1) is 5.41 Å². The Morgan fingerprint density at radius 3 is 2.37 bits per heavy atom. The zero-order chi connectivity index (χ0) is 20.8. The average Bonchev–Trinajstić information content (AvgIpc) is 3.30. The molecule has 6 nitrogen and oxygen atoms in total. The summed E-state index contributed by atoms with van der Waals surface area (Å²) in [4.78, 5) is 24.9. The number of hydrogen-bond acceptors (Lipinski definition) is 5. The lowest BCUT2D eigenvalue weighted by atomic mass is 9.96. The summed E-state index contributed by atoms with van der Waals surface area (Å²) < 4.78 is 17.3. The van der Waals surface area contributed by atoms with E-state index in [-0.39, 0.29) is 12.6 Å². The summed E-state index contributed by atoms with van der Waals surface area (Å²) >= 11 is 5.93. The normalized spacial score (nSPS) is 19.5. The van der Waals surface area contributed by atoms with Crippen LogP contribution in [0, 0.1) is 0 Å². The van der Waals surface area contributed by atoms with E-state index >= 15 is 0 Å². The first kappa shape index (κ1) is 19.2. The van der Waals surface area contributed by atoms with E-state index in [1.54, 1.807) is 30.3 Å². The van der Waals surface area contributed by atoms with Gasteiger partial charge in [0.15, 0.2) is 18.1 Å². The second-order valence-electron chi connectivity index (χ2n) is 8.20. The van der Waals surface area contributed by atoms with E-state index < -0.39 is 17.1 Å². The quantitative estimate of drug-likeness (QED) is 0.706. The molecule has 1 spiro atoms. The fourth-order valence-corrected chi connectivity index (χ4v) is 4.39. The number of halogens is 1. The molecule has 0 bridgehead atoms. The summed E-state index contributed by atoms with van der Waals surface area (Å²) in [6.45, 7) is -0.341. The molecule has 5 rings (SSSR count). The molecule has 1 amide bonds. The first-order valence-corrected chi connectivity index (χ1v) is 10.6. The van der Waals surface area contributed by atoms with Crippen molar-refractivity contribution in [2.45, 2.75) is 49.7 Å². The molecule has 0 saturated heterocycles. The van der Waals surface area contributed by atoms with Crippen LogP contribution < -0.4 is 14.8 Å². The van der Waals surface area contributed by atoms with Crippen LogP contribution in [0.25, 0.3) is 0 Å². The van der Waals surface area contributed by atoms with Crippen molar-refractivity contribution in [3.8, 4) is 11.5 Å². The van der Waals surface area contributed by atoms with Crippen molar-refractivity contribution in [3.05, 3.63) is 53.1 Å². The summed E-state index contributed by atoms with van der Waals surface area (Å²) in [5.74, 6) is 0.00525. The van der Waals surface area contributed by atoms with E-state index in [1.165, 1.54) is 0 Å². The summed E-state index contributed by atoms with van der Waals surface area (Å²) in [6, 6.07) is 12.5. The third-order valence-corrected chi connectivity index (χ3v) is 6.31. The van der Waals surface area contributed by atoms with Crippen LogP contribution in [-0.4, -0.2) is 24.3 Å². The van der Waals surface area contributed by atoms with Gasteiger partial charge in [-0.3, -0.25) is 9.59 Å². The molecule has 2 fully saturated rings. The number of hydrogen-bond donors (Lipinski definition) is 1. The van der Waals surface area contributed by atoms with E-state index in [2.05, 4.69) is 5.32 Å². The molecule has 156 valence electrons. The molecule has 1 N–H and O–H groups in total.